The number of thiazole rings is 1. The summed E-state index contributed by atoms with van der Waals surface area (Å²) in [5, 5.41) is 8.21. The number of fused-ring (bicyclic) bond motifs is 1. The van der Waals surface area contributed by atoms with E-state index in [-0.39, 0.29) is 10.7 Å². The molecule has 0 N–H and O–H groups in total. The Hall–Kier alpha value is -2.70. The van der Waals surface area contributed by atoms with Gasteiger partial charge in [-0.15, -0.1) is 11.3 Å². The minimum atomic E-state index is -4.54. The number of hydrogen-bond acceptors (Lipinski definition) is 5. The number of hydrogen-bond donors (Lipinski definition) is 0. The van der Waals surface area contributed by atoms with Crippen molar-refractivity contribution in [2.45, 2.75) is 6.18 Å². The molecule has 4 nitrogen and oxygen atoms in total. The fraction of sp³-hybridized carbons (Fsp3) is 0.167. The third-order valence-corrected chi connectivity index (χ3v) is 5.21. The zero-order chi connectivity index (χ0) is 19.8. The van der Waals surface area contributed by atoms with E-state index in [2.05, 4.69) is 4.98 Å². The molecule has 0 spiro atoms. The fourth-order valence-corrected chi connectivity index (χ4v) is 3.43. The van der Waals surface area contributed by atoms with Crippen molar-refractivity contribution in [2.24, 2.45) is 0 Å². The fourth-order valence-electron chi connectivity index (χ4n) is 2.35. The molecular weight excluding hydrogens is 395 g/mol. The summed E-state index contributed by atoms with van der Waals surface area (Å²) in [6.07, 6.45) is -4.54. The molecular formula is C18H12F3N3OS2. The average Bonchev–Trinajstić information content (AvgIpc) is 3.06. The van der Waals surface area contributed by atoms with E-state index in [1.165, 1.54) is 6.07 Å². The van der Waals surface area contributed by atoms with E-state index in [0.29, 0.717) is 38.5 Å². The van der Waals surface area contributed by atoms with Crippen molar-refractivity contribution in [3.63, 3.8) is 0 Å². The molecule has 0 unspecified atom stereocenters. The highest BCUT2D eigenvalue weighted by molar-refractivity contribution is 7.80. The number of benzene rings is 2. The molecule has 0 saturated heterocycles. The summed E-state index contributed by atoms with van der Waals surface area (Å²) < 4.78 is 45.4. The lowest BCUT2D eigenvalue weighted by Crippen LogP contribution is -2.25. The SMILES string of the molecule is CN(C)C(=S)Oc1ccc2nc(C(F)(F)F)sc2c1-c1ccc(C#N)cc1. The van der Waals surface area contributed by atoms with Crippen molar-refractivity contribution < 1.29 is 17.9 Å². The first-order valence-electron chi connectivity index (χ1n) is 7.61. The van der Waals surface area contributed by atoms with Gasteiger partial charge in [0.2, 0.25) is 0 Å². The van der Waals surface area contributed by atoms with Crippen LogP contribution >= 0.6 is 23.6 Å². The molecule has 0 atom stereocenters. The lowest BCUT2D eigenvalue weighted by atomic mass is 10.0. The van der Waals surface area contributed by atoms with Crippen molar-refractivity contribution in [1.29, 1.82) is 5.26 Å². The Morgan fingerprint density at radius 1 is 1.19 bits per heavy atom. The van der Waals surface area contributed by atoms with Crippen LogP contribution in [0.3, 0.4) is 0 Å². The second kappa shape index (κ2) is 7.13. The molecule has 0 fully saturated rings. The molecule has 0 aliphatic carbocycles. The maximum absolute atomic E-state index is 13.1. The van der Waals surface area contributed by atoms with Crippen LogP contribution in [0.2, 0.25) is 0 Å². The first kappa shape index (κ1) is 19.1. The second-order valence-corrected chi connectivity index (χ2v) is 7.10. The standard InChI is InChI=1S/C18H12F3N3OS2/c1-24(2)17(26)25-13-8-7-12-15(27-16(23-12)18(19,20)21)14(13)11-5-3-10(9-22)4-6-11/h3-8H,1-2H3. The Kier molecular flexibility index (Phi) is 5.04. The van der Waals surface area contributed by atoms with Crippen LogP contribution in [0.5, 0.6) is 5.75 Å². The topological polar surface area (TPSA) is 49.1 Å². The Labute approximate surface area is 162 Å². The molecule has 0 amide bonds. The number of aromatic nitrogens is 1. The van der Waals surface area contributed by atoms with Gasteiger partial charge in [0.05, 0.1) is 21.8 Å². The summed E-state index contributed by atoms with van der Waals surface area (Å²) in [6, 6.07) is 11.5. The number of rotatable bonds is 2. The molecule has 2 aromatic carbocycles. The van der Waals surface area contributed by atoms with Crippen LogP contribution in [-0.2, 0) is 6.18 Å². The number of thiocarbonyl (C=S) groups is 1. The molecule has 3 rings (SSSR count). The molecule has 1 aromatic heterocycles. The summed E-state index contributed by atoms with van der Waals surface area (Å²) in [5.41, 5.74) is 1.72. The van der Waals surface area contributed by atoms with E-state index in [9.17, 15) is 13.2 Å². The zero-order valence-corrected chi connectivity index (χ0v) is 15.8. The minimum absolute atomic E-state index is 0.171. The number of nitrogens with zero attached hydrogens (tertiary/aromatic N) is 3. The average molecular weight is 407 g/mol. The van der Waals surface area contributed by atoms with Crippen molar-refractivity contribution in [3.8, 4) is 22.9 Å². The van der Waals surface area contributed by atoms with E-state index in [4.69, 9.17) is 22.2 Å². The van der Waals surface area contributed by atoms with Gasteiger partial charge in [0, 0.05) is 19.7 Å². The van der Waals surface area contributed by atoms with Crippen molar-refractivity contribution in [1.82, 2.24) is 9.88 Å². The van der Waals surface area contributed by atoms with Crippen LogP contribution in [0.1, 0.15) is 10.6 Å². The molecule has 138 valence electrons. The predicted octanol–water partition coefficient (Wildman–Crippen LogP) is 5.08. The van der Waals surface area contributed by atoms with Crippen LogP contribution < -0.4 is 4.74 Å². The zero-order valence-electron chi connectivity index (χ0n) is 14.2. The molecule has 0 saturated carbocycles. The smallest absolute Gasteiger partial charge is 0.431 e. The lowest BCUT2D eigenvalue weighted by molar-refractivity contribution is -0.137. The second-order valence-electron chi connectivity index (χ2n) is 5.76. The monoisotopic (exact) mass is 407 g/mol. The quantitative estimate of drug-likeness (QED) is 0.555. The van der Waals surface area contributed by atoms with Gasteiger partial charge < -0.3 is 9.64 Å². The lowest BCUT2D eigenvalue weighted by Gasteiger charge is -2.17. The van der Waals surface area contributed by atoms with Gasteiger partial charge in [0.15, 0.2) is 5.01 Å². The van der Waals surface area contributed by atoms with Gasteiger partial charge in [-0.25, -0.2) is 4.98 Å². The molecule has 1 heterocycles. The molecule has 0 aliphatic rings. The van der Waals surface area contributed by atoms with Crippen molar-refractivity contribution >= 4 is 38.9 Å². The van der Waals surface area contributed by atoms with Gasteiger partial charge in [-0.2, -0.15) is 18.4 Å². The molecule has 0 bridgehead atoms. The third-order valence-electron chi connectivity index (χ3n) is 3.63. The van der Waals surface area contributed by atoms with E-state index < -0.39 is 11.2 Å². The van der Waals surface area contributed by atoms with Gasteiger partial charge in [0.25, 0.3) is 5.17 Å². The molecule has 3 aromatic rings. The van der Waals surface area contributed by atoms with Crippen molar-refractivity contribution in [3.05, 3.63) is 47.0 Å². The van der Waals surface area contributed by atoms with E-state index in [1.54, 1.807) is 49.3 Å². The Morgan fingerprint density at radius 3 is 2.41 bits per heavy atom. The first-order chi connectivity index (χ1) is 12.7. The minimum Gasteiger partial charge on any atom is -0.431 e. The Balaban J connectivity index is 2.24. The number of ether oxygens (including phenoxy) is 1. The maximum atomic E-state index is 13.1. The van der Waals surface area contributed by atoms with Crippen LogP contribution in [0.4, 0.5) is 13.2 Å². The van der Waals surface area contributed by atoms with Crippen LogP contribution in [0.15, 0.2) is 36.4 Å². The van der Waals surface area contributed by atoms with E-state index in [1.807, 2.05) is 6.07 Å². The highest BCUT2D eigenvalue weighted by atomic mass is 32.1. The van der Waals surface area contributed by atoms with E-state index >= 15 is 0 Å². The van der Waals surface area contributed by atoms with Crippen LogP contribution in [0, 0.1) is 11.3 Å². The van der Waals surface area contributed by atoms with E-state index in [0.717, 1.165) is 0 Å². The Morgan fingerprint density at radius 2 is 1.85 bits per heavy atom. The summed E-state index contributed by atoms with van der Waals surface area (Å²) in [5.74, 6) is 0.322. The summed E-state index contributed by atoms with van der Waals surface area (Å²) >= 11 is 5.71. The summed E-state index contributed by atoms with van der Waals surface area (Å²) in [6.45, 7) is 0. The van der Waals surface area contributed by atoms with Gasteiger partial charge in [-0.1, -0.05) is 12.1 Å². The number of halogens is 3. The molecule has 9 heteroatoms. The Bertz CT molecular complexity index is 1050. The number of nitriles is 1. The highest BCUT2D eigenvalue weighted by Gasteiger charge is 2.35. The van der Waals surface area contributed by atoms with Crippen molar-refractivity contribution in [2.75, 3.05) is 14.1 Å². The summed E-state index contributed by atoms with van der Waals surface area (Å²) in [7, 11) is 3.41. The first-order valence-corrected chi connectivity index (χ1v) is 8.83. The third kappa shape index (κ3) is 3.86. The molecule has 0 radical (unpaired) electrons. The van der Waals surface area contributed by atoms with Gasteiger partial charge in [0.1, 0.15) is 5.75 Å². The normalized spacial score (nSPS) is 11.3. The van der Waals surface area contributed by atoms with Crippen LogP contribution in [-0.4, -0.2) is 29.2 Å². The number of alkyl halides is 3. The molecule has 27 heavy (non-hydrogen) atoms. The highest BCUT2D eigenvalue weighted by Crippen LogP contribution is 2.43. The predicted molar refractivity (Wildman–Crippen MR) is 102 cm³/mol. The summed E-state index contributed by atoms with van der Waals surface area (Å²) in [4.78, 5) is 5.28. The molecule has 0 aliphatic heterocycles. The van der Waals surface area contributed by atoms with Gasteiger partial charge in [-0.3, -0.25) is 0 Å². The van der Waals surface area contributed by atoms with Gasteiger partial charge in [-0.05, 0) is 42.0 Å². The maximum Gasteiger partial charge on any atom is 0.443 e. The van der Waals surface area contributed by atoms with Gasteiger partial charge >= 0.3 is 6.18 Å². The largest absolute Gasteiger partial charge is 0.443 e. The van der Waals surface area contributed by atoms with Crippen LogP contribution in [0.25, 0.3) is 21.3 Å².